The van der Waals surface area contributed by atoms with Crippen molar-refractivity contribution >= 4 is 17.3 Å². The average Bonchev–Trinajstić information content (AvgIpc) is 2.38. The molecule has 0 spiro atoms. The van der Waals surface area contributed by atoms with Gasteiger partial charge in [-0.3, -0.25) is 0 Å². The number of benzene rings is 1. The lowest BCUT2D eigenvalue weighted by Crippen LogP contribution is -2.36. The van der Waals surface area contributed by atoms with E-state index in [-0.39, 0.29) is 0 Å². The summed E-state index contributed by atoms with van der Waals surface area (Å²) in [7, 11) is 0. The molecule has 1 fully saturated rings. The van der Waals surface area contributed by atoms with Crippen LogP contribution in [0.25, 0.3) is 0 Å². The van der Waals surface area contributed by atoms with Crippen LogP contribution in [0.4, 0.5) is 5.69 Å². The predicted octanol–water partition coefficient (Wildman–Crippen LogP) is 2.07. The third kappa shape index (κ3) is 3.35. The number of nitrogens with zero attached hydrogens (tertiary/aromatic N) is 1. The quantitative estimate of drug-likeness (QED) is 0.894. The molecule has 1 saturated heterocycles. The Balaban J connectivity index is 2.06. The van der Waals surface area contributed by atoms with Crippen LogP contribution < -0.4 is 10.6 Å². The van der Waals surface area contributed by atoms with Gasteiger partial charge in [0.2, 0.25) is 0 Å². The lowest BCUT2D eigenvalue weighted by Gasteiger charge is -2.29. The zero-order chi connectivity index (χ0) is 12.1. The highest BCUT2D eigenvalue weighted by atomic mass is 35.5. The summed E-state index contributed by atoms with van der Waals surface area (Å²) in [5, 5.41) is 0.849. The van der Waals surface area contributed by atoms with Gasteiger partial charge in [0, 0.05) is 23.8 Å². The Kier molecular flexibility index (Phi) is 4.66. The molecule has 2 rings (SSSR count). The van der Waals surface area contributed by atoms with Crippen LogP contribution in [-0.2, 0) is 11.2 Å². The Morgan fingerprint density at radius 3 is 2.71 bits per heavy atom. The number of morpholine rings is 1. The minimum Gasteiger partial charge on any atom is -0.378 e. The summed E-state index contributed by atoms with van der Waals surface area (Å²) in [5.41, 5.74) is 7.89. The van der Waals surface area contributed by atoms with Crippen LogP contribution in [0.2, 0.25) is 5.02 Å². The molecule has 17 heavy (non-hydrogen) atoms. The van der Waals surface area contributed by atoms with Crippen LogP contribution >= 0.6 is 11.6 Å². The van der Waals surface area contributed by atoms with E-state index in [2.05, 4.69) is 23.1 Å². The first-order valence-electron chi connectivity index (χ1n) is 6.12. The largest absolute Gasteiger partial charge is 0.378 e. The molecule has 1 heterocycles. The molecule has 1 aliphatic rings. The minimum atomic E-state index is 0.710. The van der Waals surface area contributed by atoms with E-state index in [0.29, 0.717) is 6.54 Å². The molecule has 2 N–H and O–H groups in total. The highest BCUT2D eigenvalue weighted by Gasteiger charge is 2.12. The maximum atomic E-state index is 6.29. The number of aryl methyl sites for hydroxylation is 1. The second-order valence-corrected chi connectivity index (χ2v) is 4.67. The molecule has 0 saturated carbocycles. The summed E-state index contributed by atoms with van der Waals surface area (Å²) < 4.78 is 5.34. The van der Waals surface area contributed by atoms with Gasteiger partial charge in [-0.25, -0.2) is 0 Å². The Morgan fingerprint density at radius 1 is 1.29 bits per heavy atom. The molecule has 1 aliphatic heterocycles. The lowest BCUT2D eigenvalue weighted by molar-refractivity contribution is 0.122. The Bertz CT molecular complexity index is 364. The van der Waals surface area contributed by atoms with Gasteiger partial charge in [0.25, 0.3) is 0 Å². The van der Waals surface area contributed by atoms with Crippen molar-refractivity contribution in [3.63, 3.8) is 0 Å². The molecule has 0 bridgehead atoms. The van der Waals surface area contributed by atoms with Crippen LogP contribution in [0.3, 0.4) is 0 Å². The van der Waals surface area contributed by atoms with Gasteiger partial charge >= 0.3 is 0 Å². The van der Waals surface area contributed by atoms with Crippen molar-refractivity contribution in [1.82, 2.24) is 0 Å². The minimum absolute atomic E-state index is 0.710. The molecular formula is C13H19ClN2O. The maximum Gasteiger partial charge on any atom is 0.0642 e. The molecule has 4 heteroatoms. The third-order valence-corrected chi connectivity index (χ3v) is 3.41. The summed E-state index contributed by atoms with van der Waals surface area (Å²) >= 11 is 6.29. The number of nitrogens with two attached hydrogens (primary N) is 1. The summed E-state index contributed by atoms with van der Waals surface area (Å²) in [4.78, 5) is 2.31. The van der Waals surface area contributed by atoms with Gasteiger partial charge < -0.3 is 15.4 Å². The second-order valence-electron chi connectivity index (χ2n) is 4.27. The number of ether oxygens (including phenoxy) is 1. The van der Waals surface area contributed by atoms with Crippen LogP contribution in [0.15, 0.2) is 18.2 Å². The van der Waals surface area contributed by atoms with E-state index in [1.807, 2.05) is 0 Å². The summed E-state index contributed by atoms with van der Waals surface area (Å²) in [5.74, 6) is 0. The fourth-order valence-electron chi connectivity index (χ4n) is 2.05. The fraction of sp³-hybridized carbons (Fsp3) is 0.538. The number of halogens is 1. The first-order valence-corrected chi connectivity index (χ1v) is 6.50. The second kappa shape index (κ2) is 6.24. The van der Waals surface area contributed by atoms with Gasteiger partial charge in [0.15, 0.2) is 0 Å². The van der Waals surface area contributed by atoms with Crippen LogP contribution in [0, 0.1) is 0 Å². The highest BCUT2D eigenvalue weighted by molar-refractivity contribution is 6.31. The van der Waals surface area contributed by atoms with Crippen LogP contribution in [0.1, 0.15) is 12.0 Å². The SMILES string of the molecule is NCCCc1ccc(N2CCOCC2)cc1Cl. The number of anilines is 1. The van der Waals surface area contributed by atoms with Gasteiger partial charge in [-0.1, -0.05) is 17.7 Å². The molecule has 0 radical (unpaired) electrons. The molecule has 0 aromatic heterocycles. The Morgan fingerprint density at radius 2 is 2.06 bits per heavy atom. The molecule has 0 atom stereocenters. The van der Waals surface area contributed by atoms with E-state index in [1.54, 1.807) is 0 Å². The average molecular weight is 255 g/mol. The van der Waals surface area contributed by atoms with Gasteiger partial charge in [0.1, 0.15) is 0 Å². The molecule has 0 unspecified atom stereocenters. The van der Waals surface area contributed by atoms with Crippen molar-refractivity contribution in [2.45, 2.75) is 12.8 Å². The lowest BCUT2D eigenvalue weighted by atomic mass is 10.1. The first kappa shape index (κ1) is 12.7. The van der Waals surface area contributed by atoms with E-state index in [1.165, 1.54) is 11.3 Å². The Hall–Kier alpha value is -0.770. The number of hydrogen-bond donors (Lipinski definition) is 1. The van der Waals surface area contributed by atoms with Crippen molar-refractivity contribution < 1.29 is 4.74 Å². The third-order valence-electron chi connectivity index (χ3n) is 3.06. The normalized spacial score (nSPS) is 16.2. The number of rotatable bonds is 4. The summed E-state index contributed by atoms with van der Waals surface area (Å²) in [6.45, 7) is 4.19. The molecule has 0 aliphatic carbocycles. The topological polar surface area (TPSA) is 38.5 Å². The maximum absolute atomic E-state index is 6.29. The van der Waals surface area contributed by atoms with Crippen molar-refractivity contribution in [3.8, 4) is 0 Å². The van der Waals surface area contributed by atoms with E-state index in [0.717, 1.165) is 44.2 Å². The van der Waals surface area contributed by atoms with Crippen molar-refractivity contribution in [2.24, 2.45) is 5.73 Å². The molecular weight excluding hydrogens is 236 g/mol. The van der Waals surface area contributed by atoms with Crippen molar-refractivity contribution in [1.29, 1.82) is 0 Å². The van der Waals surface area contributed by atoms with E-state index < -0.39 is 0 Å². The molecule has 94 valence electrons. The van der Waals surface area contributed by atoms with E-state index in [4.69, 9.17) is 22.1 Å². The van der Waals surface area contributed by atoms with Gasteiger partial charge in [-0.15, -0.1) is 0 Å². The highest BCUT2D eigenvalue weighted by Crippen LogP contribution is 2.25. The molecule has 0 amide bonds. The standard InChI is InChI=1S/C13H19ClN2O/c14-13-10-12(16-6-8-17-9-7-16)4-3-11(13)2-1-5-15/h3-4,10H,1-2,5-9,15H2. The van der Waals surface area contributed by atoms with Crippen LogP contribution in [-0.4, -0.2) is 32.8 Å². The zero-order valence-corrected chi connectivity index (χ0v) is 10.7. The molecule has 1 aromatic carbocycles. The van der Waals surface area contributed by atoms with Crippen molar-refractivity contribution in [3.05, 3.63) is 28.8 Å². The fourth-order valence-corrected chi connectivity index (χ4v) is 2.32. The monoisotopic (exact) mass is 254 g/mol. The van der Waals surface area contributed by atoms with Crippen LogP contribution in [0.5, 0.6) is 0 Å². The Labute approximate surface area is 107 Å². The summed E-state index contributed by atoms with van der Waals surface area (Å²) in [6, 6.07) is 6.31. The zero-order valence-electron chi connectivity index (χ0n) is 9.99. The number of hydrogen-bond acceptors (Lipinski definition) is 3. The van der Waals surface area contributed by atoms with Gasteiger partial charge in [0.05, 0.1) is 13.2 Å². The first-order chi connectivity index (χ1) is 8.31. The van der Waals surface area contributed by atoms with Gasteiger partial charge in [-0.2, -0.15) is 0 Å². The van der Waals surface area contributed by atoms with E-state index in [9.17, 15) is 0 Å². The predicted molar refractivity (Wildman–Crippen MR) is 71.9 cm³/mol. The smallest absolute Gasteiger partial charge is 0.0642 e. The van der Waals surface area contributed by atoms with Gasteiger partial charge in [-0.05, 0) is 37.1 Å². The van der Waals surface area contributed by atoms with E-state index >= 15 is 0 Å². The summed E-state index contributed by atoms with van der Waals surface area (Å²) in [6.07, 6.45) is 1.94. The molecule has 1 aromatic rings. The van der Waals surface area contributed by atoms with Crippen molar-refractivity contribution in [2.75, 3.05) is 37.7 Å². The molecule has 3 nitrogen and oxygen atoms in total.